The van der Waals surface area contributed by atoms with Crippen LogP contribution >= 0.6 is 0 Å². The molecule has 4 heteroatoms. The molecule has 2 rings (SSSR count). The lowest BCUT2D eigenvalue weighted by molar-refractivity contribution is 0.0691. The number of fused-ring (bicyclic) bond motifs is 1. The molecular weight excluding hydrogens is 156 g/mol. The van der Waals surface area contributed by atoms with Gasteiger partial charge in [0.15, 0.2) is 0 Å². The second-order valence-electron chi connectivity index (χ2n) is 2.92. The number of nitrogens with one attached hydrogen (secondary N) is 2. The van der Waals surface area contributed by atoms with Crippen LogP contribution in [-0.2, 0) is 13.0 Å². The number of rotatable bonds is 1. The molecule has 0 atom stereocenters. The van der Waals surface area contributed by atoms with E-state index in [1.165, 1.54) is 0 Å². The van der Waals surface area contributed by atoms with Gasteiger partial charge in [-0.3, -0.25) is 0 Å². The Hall–Kier alpha value is -1.29. The van der Waals surface area contributed by atoms with Gasteiger partial charge in [-0.1, -0.05) is 0 Å². The fourth-order valence-corrected chi connectivity index (χ4v) is 1.47. The van der Waals surface area contributed by atoms with Crippen molar-refractivity contribution in [3.8, 4) is 0 Å². The number of aromatic nitrogens is 1. The third-order valence-electron chi connectivity index (χ3n) is 2.10. The zero-order valence-corrected chi connectivity index (χ0v) is 6.55. The molecule has 2 heterocycles. The number of hydrogen-bond donors (Lipinski definition) is 3. The van der Waals surface area contributed by atoms with Crippen LogP contribution in [0.1, 0.15) is 21.7 Å². The Morgan fingerprint density at radius 1 is 1.58 bits per heavy atom. The first-order valence-corrected chi connectivity index (χ1v) is 3.92. The van der Waals surface area contributed by atoms with Crippen LogP contribution < -0.4 is 5.32 Å². The molecule has 1 aromatic heterocycles. The highest BCUT2D eigenvalue weighted by atomic mass is 16.4. The summed E-state index contributed by atoms with van der Waals surface area (Å²) in [5, 5.41) is 11.9. The fourth-order valence-electron chi connectivity index (χ4n) is 1.47. The van der Waals surface area contributed by atoms with E-state index in [9.17, 15) is 4.79 Å². The summed E-state index contributed by atoms with van der Waals surface area (Å²) >= 11 is 0. The average molecular weight is 166 g/mol. The van der Waals surface area contributed by atoms with Gasteiger partial charge in [0, 0.05) is 12.2 Å². The second kappa shape index (κ2) is 2.64. The molecule has 64 valence electrons. The Bertz CT molecular complexity index is 293. The minimum Gasteiger partial charge on any atom is -0.477 e. The van der Waals surface area contributed by atoms with E-state index in [1.807, 2.05) is 0 Å². The zero-order chi connectivity index (χ0) is 8.55. The van der Waals surface area contributed by atoms with Gasteiger partial charge < -0.3 is 15.4 Å². The summed E-state index contributed by atoms with van der Waals surface area (Å²) in [7, 11) is 0. The molecule has 0 spiro atoms. The van der Waals surface area contributed by atoms with Crippen LogP contribution in [0.2, 0.25) is 0 Å². The molecule has 12 heavy (non-hydrogen) atoms. The van der Waals surface area contributed by atoms with Crippen molar-refractivity contribution < 1.29 is 9.90 Å². The van der Waals surface area contributed by atoms with Gasteiger partial charge in [0.05, 0.1) is 0 Å². The lowest BCUT2D eigenvalue weighted by atomic mass is 10.1. The van der Waals surface area contributed by atoms with Crippen LogP contribution in [0.4, 0.5) is 0 Å². The minimum atomic E-state index is -0.885. The predicted molar refractivity (Wildman–Crippen MR) is 43.2 cm³/mol. The smallest absolute Gasteiger partial charge is 0.352 e. The zero-order valence-electron chi connectivity index (χ0n) is 6.55. The molecule has 0 radical (unpaired) electrons. The molecule has 1 aliphatic heterocycles. The molecular formula is C8H10N2O2. The van der Waals surface area contributed by atoms with Crippen molar-refractivity contribution in [1.29, 1.82) is 0 Å². The summed E-state index contributed by atoms with van der Waals surface area (Å²) in [6, 6.07) is 1.72. The number of aromatic amines is 1. The normalized spacial score (nSPS) is 15.7. The number of carboxylic acid groups (broad SMARTS) is 1. The molecule has 0 amide bonds. The summed E-state index contributed by atoms with van der Waals surface area (Å²) in [6.45, 7) is 1.69. The van der Waals surface area contributed by atoms with Crippen LogP contribution in [0.25, 0.3) is 0 Å². The van der Waals surface area contributed by atoms with E-state index in [0.29, 0.717) is 5.69 Å². The summed E-state index contributed by atoms with van der Waals surface area (Å²) in [5.74, 6) is -0.885. The van der Waals surface area contributed by atoms with E-state index in [-0.39, 0.29) is 0 Å². The molecule has 0 bridgehead atoms. The molecule has 0 saturated carbocycles. The molecule has 0 aliphatic carbocycles. The maximum Gasteiger partial charge on any atom is 0.352 e. The summed E-state index contributed by atoms with van der Waals surface area (Å²) in [4.78, 5) is 13.4. The third kappa shape index (κ3) is 1.10. The van der Waals surface area contributed by atoms with Crippen molar-refractivity contribution >= 4 is 5.97 Å². The van der Waals surface area contributed by atoms with Crippen LogP contribution in [0, 0.1) is 0 Å². The van der Waals surface area contributed by atoms with Gasteiger partial charge in [-0.2, -0.15) is 0 Å². The molecule has 0 aromatic carbocycles. The first-order valence-electron chi connectivity index (χ1n) is 3.92. The number of H-pyrrole nitrogens is 1. The Morgan fingerprint density at radius 3 is 3.08 bits per heavy atom. The first kappa shape index (κ1) is 7.36. The number of carbonyl (C=O) groups is 1. The lowest BCUT2D eigenvalue weighted by Gasteiger charge is -2.11. The van der Waals surface area contributed by atoms with Crippen LogP contribution in [0.3, 0.4) is 0 Å². The third-order valence-corrected chi connectivity index (χ3v) is 2.10. The summed E-state index contributed by atoms with van der Waals surface area (Å²) < 4.78 is 0. The van der Waals surface area contributed by atoms with Crippen molar-refractivity contribution in [2.24, 2.45) is 0 Å². The average Bonchev–Trinajstić information content (AvgIpc) is 2.46. The molecule has 3 N–H and O–H groups in total. The van der Waals surface area contributed by atoms with Crippen molar-refractivity contribution in [1.82, 2.24) is 10.3 Å². The van der Waals surface area contributed by atoms with E-state index in [2.05, 4.69) is 10.3 Å². The van der Waals surface area contributed by atoms with Crippen LogP contribution in [0.5, 0.6) is 0 Å². The highest BCUT2D eigenvalue weighted by molar-refractivity contribution is 5.86. The highest BCUT2D eigenvalue weighted by Gasteiger charge is 2.14. The number of hydrogen-bond acceptors (Lipinski definition) is 2. The molecule has 1 aliphatic rings. The van der Waals surface area contributed by atoms with Crippen LogP contribution in [-0.4, -0.2) is 22.6 Å². The first-order chi connectivity index (χ1) is 5.77. The fraction of sp³-hybridized carbons (Fsp3) is 0.375. The Kier molecular flexibility index (Phi) is 1.62. The molecule has 1 aromatic rings. The SMILES string of the molecule is O=C(O)c1cc2c([nH]1)CNCC2. The van der Waals surface area contributed by atoms with Gasteiger partial charge in [0.25, 0.3) is 0 Å². The maximum absolute atomic E-state index is 10.6. The van der Waals surface area contributed by atoms with E-state index in [4.69, 9.17) is 5.11 Å². The van der Waals surface area contributed by atoms with E-state index in [1.54, 1.807) is 6.07 Å². The number of aromatic carboxylic acids is 1. The van der Waals surface area contributed by atoms with E-state index >= 15 is 0 Å². The van der Waals surface area contributed by atoms with Gasteiger partial charge in [-0.15, -0.1) is 0 Å². The van der Waals surface area contributed by atoms with E-state index in [0.717, 1.165) is 30.8 Å². The number of carboxylic acids is 1. The van der Waals surface area contributed by atoms with Gasteiger partial charge >= 0.3 is 5.97 Å². The molecule has 4 nitrogen and oxygen atoms in total. The molecule has 0 saturated heterocycles. The molecule has 0 unspecified atom stereocenters. The topological polar surface area (TPSA) is 65.1 Å². The van der Waals surface area contributed by atoms with Gasteiger partial charge in [-0.05, 0) is 24.6 Å². The standard InChI is InChI=1S/C8H10N2O2/c11-8(12)6-3-5-1-2-9-4-7(5)10-6/h3,9-10H,1-2,4H2,(H,11,12). The molecule has 0 fully saturated rings. The summed E-state index contributed by atoms with van der Waals surface area (Å²) in [5.41, 5.74) is 2.44. The largest absolute Gasteiger partial charge is 0.477 e. The quantitative estimate of drug-likeness (QED) is 0.564. The van der Waals surface area contributed by atoms with Gasteiger partial charge in [-0.25, -0.2) is 4.79 Å². The van der Waals surface area contributed by atoms with Gasteiger partial charge in [0.1, 0.15) is 5.69 Å². The van der Waals surface area contributed by atoms with Crippen LogP contribution in [0.15, 0.2) is 6.07 Å². The minimum absolute atomic E-state index is 0.295. The predicted octanol–water partition coefficient (Wildman–Crippen LogP) is 0.359. The Labute approximate surface area is 69.6 Å². The highest BCUT2D eigenvalue weighted by Crippen LogP contribution is 2.14. The van der Waals surface area contributed by atoms with Crippen molar-refractivity contribution in [3.05, 3.63) is 23.0 Å². The second-order valence-corrected chi connectivity index (χ2v) is 2.92. The monoisotopic (exact) mass is 166 g/mol. The maximum atomic E-state index is 10.6. The lowest BCUT2D eigenvalue weighted by Crippen LogP contribution is -2.22. The van der Waals surface area contributed by atoms with Gasteiger partial charge in [0.2, 0.25) is 0 Å². The Morgan fingerprint density at radius 2 is 2.42 bits per heavy atom. The Balaban J connectivity index is 2.38. The van der Waals surface area contributed by atoms with Crippen molar-refractivity contribution in [3.63, 3.8) is 0 Å². The van der Waals surface area contributed by atoms with E-state index < -0.39 is 5.97 Å². The summed E-state index contributed by atoms with van der Waals surface area (Å²) in [6.07, 6.45) is 0.916. The van der Waals surface area contributed by atoms with Crippen molar-refractivity contribution in [2.45, 2.75) is 13.0 Å². The van der Waals surface area contributed by atoms with Crippen molar-refractivity contribution in [2.75, 3.05) is 6.54 Å².